The second-order valence-corrected chi connectivity index (χ2v) is 4.66. The molecule has 2 N–H and O–H groups in total. The van der Waals surface area contributed by atoms with Crippen LogP contribution < -0.4 is 5.32 Å². The van der Waals surface area contributed by atoms with E-state index in [0.717, 1.165) is 25.1 Å². The van der Waals surface area contributed by atoms with E-state index >= 15 is 0 Å². The SMILES string of the molecule is Cn1cnnc1CNC1(C(=O)O)CCCCC1. The molecule has 0 unspecified atom stereocenters. The molecule has 1 aromatic rings. The molecule has 94 valence electrons. The smallest absolute Gasteiger partial charge is 0.323 e. The predicted molar refractivity (Wildman–Crippen MR) is 61.3 cm³/mol. The molecule has 6 heteroatoms. The summed E-state index contributed by atoms with van der Waals surface area (Å²) in [6, 6.07) is 0. The van der Waals surface area contributed by atoms with E-state index in [4.69, 9.17) is 0 Å². The highest BCUT2D eigenvalue weighted by atomic mass is 16.4. The molecule has 1 aromatic heterocycles. The molecule has 1 heterocycles. The average Bonchev–Trinajstić information content (AvgIpc) is 2.73. The third-order valence-corrected chi connectivity index (χ3v) is 3.51. The van der Waals surface area contributed by atoms with E-state index in [1.807, 2.05) is 7.05 Å². The minimum Gasteiger partial charge on any atom is -0.480 e. The van der Waals surface area contributed by atoms with Gasteiger partial charge in [-0.2, -0.15) is 0 Å². The summed E-state index contributed by atoms with van der Waals surface area (Å²) in [7, 11) is 1.85. The van der Waals surface area contributed by atoms with Gasteiger partial charge in [0.2, 0.25) is 0 Å². The molecule has 1 aliphatic rings. The van der Waals surface area contributed by atoms with E-state index < -0.39 is 11.5 Å². The second-order valence-electron chi connectivity index (χ2n) is 4.66. The molecule has 0 aliphatic heterocycles. The highest BCUT2D eigenvalue weighted by Gasteiger charge is 2.39. The van der Waals surface area contributed by atoms with Crippen molar-refractivity contribution in [2.24, 2.45) is 7.05 Å². The third kappa shape index (κ3) is 2.46. The lowest BCUT2D eigenvalue weighted by Gasteiger charge is -2.33. The number of aliphatic carboxylic acids is 1. The maximum Gasteiger partial charge on any atom is 0.323 e. The summed E-state index contributed by atoms with van der Waals surface area (Å²) in [5.41, 5.74) is -0.774. The van der Waals surface area contributed by atoms with Crippen molar-refractivity contribution in [2.45, 2.75) is 44.2 Å². The fraction of sp³-hybridized carbons (Fsp3) is 0.727. The topological polar surface area (TPSA) is 80.0 Å². The number of nitrogens with zero attached hydrogens (tertiary/aromatic N) is 3. The third-order valence-electron chi connectivity index (χ3n) is 3.51. The molecule has 0 bridgehead atoms. The monoisotopic (exact) mass is 238 g/mol. The van der Waals surface area contributed by atoms with Crippen molar-refractivity contribution in [3.63, 3.8) is 0 Å². The van der Waals surface area contributed by atoms with Gasteiger partial charge in [0.05, 0.1) is 6.54 Å². The number of carboxylic acids is 1. The van der Waals surface area contributed by atoms with Crippen LogP contribution in [0, 0.1) is 0 Å². The van der Waals surface area contributed by atoms with Crippen LogP contribution in [0.4, 0.5) is 0 Å². The molecule has 0 aromatic carbocycles. The highest BCUT2D eigenvalue weighted by Crippen LogP contribution is 2.28. The first-order chi connectivity index (χ1) is 8.14. The molecule has 0 atom stereocenters. The van der Waals surface area contributed by atoms with Gasteiger partial charge in [0, 0.05) is 7.05 Å². The molecule has 0 radical (unpaired) electrons. The van der Waals surface area contributed by atoms with Crippen LogP contribution in [-0.4, -0.2) is 31.4 Å². The van der Waals surface area contributed by atoms with Crippen LogP contribution in [0.25, 0.3) is 0 Å². The largest absolute Gasteiger partial charge is 0.480 e. The number of rotatable bonds is 4. The maximum atomic E-state index is 11.4. The van der Waals surface area contributed by atoms with Crippen molar-refractivity contribution in [3.05, 3.63) is 12.2 Å². The minimum atomic E-state index is -0.774. The molecule has 0 saturated heterocycles. The first-order valence-corrected chi connectivity index (χ1v) is 5.95. The Morgan fingerprint density at radius 3 is 2.76 bits per heavy atom. The van der Waals surface area contributed by atoms with Gasteiger partial charge >= 0.3 is 5.97 Å². The van der Waals surface area contributed by atoms with Crippen LogP contribution in [0.5, 0.6) is 0 Å². The van der Waals surface area contributed by atoms with Crippen LogP contribution in [-0.2, 0) is 18.4 Å². The number of hydrogen-bond donors (Lipinski definition) is 2. The maximum absolute atomic E-state index is 11.4. The first-order valence-electron chi connectivity index (χ1n) is 5.95. The Morgan fingerprint density at radius 2 is 2.24 bits per heavy atom. The molecular weight excluding hydrogens is 220 g/mol. The fourth-order valence-electron chi connectivity index (χ4n) is 2.34. The van der Waals surface area contributed by atoms with E-state index in [1.54, 1.807) is 10.9 Å². The standard InChI is InChI=1S/C11H18N4O2/c1-15-8-13-14-9(15)7-12-11(10(16)17)5-3-2-4-6-11/h8,12H,2-7H2,1H3,(H,16,17). The number of carboxylic acid groups (broad SMARTS) is 1. The number of hydrogen-bond acceptors (Lipinski definition) is 4. The summed E-state index contributed by atoms with van der Waals surface area (Å²) < 4.78 is 1.80. The van der Waals surface area contributed by atoms with Crippen molar-refractivity contribution < 1.29 is 9.90 Å². The van der Waals surface area contributed by atoms with E-state index in [-0.39, 0.29) is 0 Å². The van der Waals surface area contributed by atoms with Crippen LogP contribution in [0.15, 0.2) is 6.33 Å². The summed E-state index contributed by atoms with van der Waals surface area (Å²) in [6.07, 6.45) is 6.07. The van der Waals surface area contributed by atoms with Gasteiger partial charge in [0.1, 0.15) is 17.7 Å². The van der Waals surface area contributed by atoms with Crippen LogP contribution in [0.1, 0.15) is 37.9 Å². The Balaban J connectivity index is 2.03. The van der Waals surface area contributed by atoms with Crippen LogP contribution >= 0.6 is 0 Å². The normalized spacial score (nSPS) is 19.1. The molecule has 6 nitrogen and oxygen atoms in total. The van der Waals surface area contributed by atoms with Crippen molar-refractivity contribution in [2.75, 3.05) is 0 Å². The van der Waals surface area contributed by atoms with Crippen LogP contribution in [0.3, 0.4) is 0 Å². The summed E-state index contributed by atoms with van der Waals surface area (Å²) in [4.78, 5) is 11.4. The minimum absolute atomic E-state index is 0.447. The van der Waals surface area contributed by atoms with Gasteiger partial charge in [-0.3, -0.25) is 10.1 Å². The average molecular weight is 238 g/mol. The van der Waals surface area contributed by atoms with Crippen molar-refractivity contribution in [1.82, 2.24) is 20.1 Å². The molecule has 2 rings (SSSR count). The molecule has 1 saturated carbocycles. The molecule has 17 heavy (non-hydrogen) atoms. The molecule has 0 spiro atoms. The van der Waals surface area contributed by atoms with Gasteiger partial charge in [-0.25, -0.2) is 0 Å². The van der Waals surface area contributed by atoms with Crippen LogP contribution in [0.2, 0.25) is 0 Å². The van der Waals surface area contributed by atoms with Gasteiger partial charge in [0.15, 0.2) is 0 Å². The zero-order valence-corrected chi connectivity index (χ0v) is 10.0. The van der Waals surface area contributed by atoms with E-state index in [0.29, 0.717) is 19.4 Å². The van der Waals surface area contributed by atoms with Gasteiger partial charge in [-0.15, -0.1) is 10.2 Å². The lowest BCUT2D eigenvalue weighted by Crippen LogP contribution is -2.53. The van der Waals surface area contributed by atoms with Gasteiger partial charge < -0.3 is 9.67 Å². The fourth-order valence-corrected chi connectivity index (χ4v) is 2.34. The number of carbonyl (C=O) groups is 1. The van der Waals surface area contributed by atoms with Gasteiger partial charge in [0.25, 0.3) is 0 Å². The van der Waals surface area contributed by atoms with Crippen molar-refractivity contribution >= 4 is 5.97 Å². The Hall–Kier alpha value is -1.43. The molecule has 1 aliphatic carbocycles. The Kier molecular flexibility index (Phi) is 3.42. The van der Waals surface area contributed by atoms with E-state index in [2.05, 4.69) is 15.5 Å². The number of aryl methyl sites for hydroxylation is 1. The van der Waals surface area contributed by atoms with E-state index in [9.17, 15) is 9.90 Å². The lowest BCUT2D eigenvalue weighted by atomic mass is 9.81. The predicted octanol–water partition coefficient (Wildman–Crippen LogP) is 0.692. The summed E-state index contributed by atoms with van der Waals surface area (Å²) in [6.45, 7) is 0.447. The Bertz CT molecular complexity index is 396. The first kappa shape index (κ1) is 12.0. The molecular formula is C11H18N4O2. The summed E-state index contributed by atoms with van der Waals surface area (Å²) in [5, 5.41) is 20.3. The van der Waals surface area contributed by atoms with Crippen molar-refractivity contribution in [1.29, 1.82) is 0 Å². The molecule has 0 amide bonds. The summed E-state index contributed by atoms with van der Waals surface area (Å²) in [5.74, 6) is 0.00978. The van der Waals surface area contributed by atoms with Gasteiger partial charge in [-0.1, -0.05) is 19.3 Å². The Morgan fingerprint density at radius 1 is 1.53 bits per heavy atom. The van der Waals surface area contributed by atoms with E-state index in [1.165, 1.54) is 0 Å². The second kappa shape index (κ2) is 4.83. The lowest BCUT2D eigenvalue weighted by molar-refractivity contribution is -0.146. The Labute approximate surface area is 100 Å². The zero-order chi connectivity index (χ0) is 12.3. The zero-order valence-electron chi connectivity index (χ0n) is 10.0. The summed E-state index contributed by atoms with van der Waals surface area (Å²) >= 11 is 0. The highest BCUT2D eigenvalue weighted by molar-refractivity contribution is 5.78. The molecule has 1 fully saturated rings. The number of nitrogens with one attached hydrogen (secondary N) is 1. The van der Waals surface area contributed by atoms with Gasteiger partial charge in [-0.05, 0) is 12.8 Å². The number of aromatic nitrogens is 3. The van der Waals surface area contributed by atoms with Crippen molar-refractivity contribution in [3.8, 4) is 0 Å². The quantitative estimate of drug-likeness (QED) is 0.806.